The van der Waals surface area contributed by atoms with Gasteiger partial charge in [-0.25, -0.2) is 4.98 Å². The maximum Gasteiger partial charge on any atom is 0.469 e. The van der Waals surface area contributed by atoms with Gasteiger partial charge in [0.2, 0.25) is 11.8 Å². The van der Waals surface area contributed by atoms with Gasteiger partial charge in [0.25, 0.3) is 0 Å². The SMILES string of the molecule is CC(=O)Nc1oc(C(F)(F)F)nc1-c1cc(Cl)cc(Cl)c1. The normalized spacial score (nSPS) is 11.5. The Balaban J connectivity index is 2.59. The van der Waals surface area contributed by atoms with E-state index in [1.807, 2.05) is 0 Å². The molecule has 112 valence electrons. The fraction of sp³-hybridized carbons (Fsp3) is 0.167. The second-order valence-corrected chi connectivity index (χ2v) is 4.91. The zero-order chi connectivity index (χ0) is 15.8. The Morgan fingerprint density at radius 1 is 1.24 bits per heavy atom. The lowest BCUT2D eigenvalue weighted by atomic mass is 10.1. The van der Waals surface area contributed by atoms with Gasteiger partial charge < -0.3 is 4.42 Å². The smallest absolute Gasteiger partial charge is 0.416 e. The predicted molar refractivity (Wildman–Crippen MR) is 71.3 cm³/mol. The van der Waals surface area contributed by atoms with Gasteiger partial charge in [-0.15, -0.1) is 0 Å². The minimum Gasteiger partial charge on any atom is -0.416 e. The Bertz CT molecular complexity index is 678. The Morgan fingerprint density at radius 3 is 2.29 bits per heavy atom. The Kier molecular flexibility index (Phi) is 4.15. The van der Waals surface area contributed by atoms with E-state index in [2.05, 4.69) is 14.7 Å². The van der Waals surface area contributed by atoms with Crippen LogP contribution in [0.15, 0.2) is 22.6 Å². The van der Waals surface area contributed by atoms with Crippen LogP contribution in [0.4, 0.5) is 19.1 Å². The van der Waals surface area contributed by atoms with Crippen LogP contribution in [0.5, 0.6) is 0 Å². The summed E-state index contributed by atoms with van der Waals surface area (Å²) in [5, 5.41) is 2.57. The van der Waals surface area contributed by atoms with E-state index in [9.17, 15) is 18.0 Å². The van der Waals surface area contributed by atoms with E-state index in [4.69, 9.17) is 23.2 Å². The summed E-state index contributed by atoms with van der Waals surface area (Å²) >= 11 is 11.6. The molecule has 0 aliphatic heterocycles. The van der Waals surface area contributed by atoms with Gasteiger partial charge in [-0.05, 0) is 18.2 Å². The third-order valence-electron chi connectivity index (χ3n) is 2.30. The van der Waals surface area contributed by atoms with Crippen molar-refractivity contribution in [2.45, 2.75) is 13.1 Å². The molecule has 21 heavy (non-hydrogen) atoms. The standard InChI is InChI=1S/C12H7Cl2F3N2O2/c1-5(20)18-10-9(19-11(21-10)12(15,16)17)6-2-7(13)4-8(14)3-6/h2-4H,1H3,(H,18,20). The van der Waals surface area contributed by atoms with Gasteiger partial charge in [0.15, 0.2) is 0 Å². The Hall–Kier alpha value is -1.73. The van der Waals surface area contributed by atoms with Gasteiger partial charge in [-0.3, -0.25) is 10.1 Å². The highest BCUT2D eigenvalue weighted by Crippen LogP contribution is 2.37. The third-order valence-corrected chi connectivity index (χ3v) is 2.73. The van der Waals surface area contributed by atoms with Gasteiger partial charge in [0.05, 0.1) is 0 Å². The first kappa shape index (κ1) is 15.7. The first-order chi connectivity index (χ1) is 9.66. The van der Waals surface area contributed by atoms with Gasteiger partial charge in [0, 0.05) is 22.5 Å². The average Bonchev–Trinajstić information content (AvgIpc) is 2.70. The van der Waals surface area contributed by atoms with Crippen LogP contribution in [0.1, 0.15) is 12.8 Å². The molecule has 0 saturated heterocycles. The molecule has 0 radical (unpaired) electrons. The number of nitrogens with one attached hydrogen (secondary N) is 1. The first-order valence-electron chi connectivity index (χ1n) is 5.49. The first-order valence-corrected chi connectivity index (χ1v) is 6.24. The van der Waals surface area contributed by atoms with Crippen LogP contribution in [0.3, 0.4) is 0 Å². The Labute approximate surface area is 126 Å². The monoisotopic (exact) mass is 338 g/mol. The summed E-state index contributed by atoms with van der Waals surface area (Å²) in [7, 11) is 0. The summed E-state index contributed by atoms with van der Waals surface area (Å²) in [5.41, 5.74) is -0.0163. The molecule has 4 nitrogen and oxygen atoms in total. The number of carbonyl (C=O) groups is 1. The average molecular weight is 339 g/mol. The molecule has 0 aliphatic rings. The lowest BCUT2D eigenvalue weighted by molar-refractivity contribution is -0.156. The van der Waals surface area contributed by atoms with Crippen molar-refractivity contribution in [2.24, 2.45) is 0 Å². The molecule has 0 spiro atoms. The lowest BCUT2D eigenvalue weighted by Crippen LogP contribution is -2.06. The number of hydrogen-bond acceptors (Lipinski definition) is 3. The molecule has 0 saturated carbocycles. The van der Waals surface area contributed by atoms with Crippen LogP contribution in [-0.4, -0.2) is 10.9 Å². The summed E-state index contributed by atoms with van der Waals surface area (Å²) < 4.78 is 42.6. The summed E-state index contributed by atoms with van der Waals surface area (Å²) in [6.07, 6.45) is -4.78. The van der Waals surface area contributed by atoms with Crippen molar-refractivity contribution in [3.05, 3.63) is 34.1 Å². The number of rotatable bonds is 2. The summed E-state index contributed by atoms with van der Waals surface area (Å²) in [5.74, 6) is -2.50. The molecular weight excluding hydrogens is 332 g/mol. The Morgan fingerprint density at radius 2 is 1.81 bits per heavy atom. The number of carbonyl (C=O) groups excluding carboxylic acids is 1. The molecule has 0 aliphatic carbocycles. The number of hydrogen-bond donors (Lipinski definition) is 1. The van der Waals surface area contributed by atoms with Gasteiger partial charge in [0.1, 0.15) is 5.69 Å². The van der Waals surface area contributed by atoms with E-state index in [0.717, 1.165) is 6.92 Å². The van der Waals surface area contributed by atoms with Crippen LogP contribution >= 0.6 is 23.2 Å². The number of halogens is 5. The van der Waals surface area contributed by atoms with E-state index in [-0.39, 0.29) is 21.3 Å². The number of alkyl halides is 3. The molecular formula is C12H7Cl2F3N2O2. The molecule has 1 N–H and O–H groups in total. The summed E-state index contributed by atoms with van der Waals surface area (Å²) in [6, 6.07) is 4.13. The van der Waals surface area contributed by atoms with Crippen molar-refractivity contribution in [1.29, 1.82) is 0 Å². The van der Waals surface area contributed by atoms with E-state index >= 15 is 0 Å². The predicted octanol–water partition coefficient (Wildman–Crippen LogP) is 4.63. The minimum absolute atomic E-state index is 0.190. The van der Waals surface area contributed by atoms with Crippen molar-refractivity contribution < 1.29 is 22.4 Å². The van der Waals surface area contributed by atoms with Gasteiger partial charge >= 0.3 is 12.1 Å². The highest BCUT2D eigenvalue weighted by atomic mass is 35.5. The summed E-state index contributed by atoms with van der Waals surface area (Å²) in [6.45, 7) is 1.13. The zero-order valence-corrected chi connectivity index (χ0v) is 11.9. The molecule has 0 atom stereocenters. The van der Waals surface area contributed by atoms with Crippen molar-refractivity contribution in [1.82, 2.24) is 4.98 Å². The number of aromatic nitrogens is 1. The third kappa shape index (κ3) is 3.68. The number of oxazole rings is 1. The van der Waals surface area contributed by atoms with Crippen molar-refractivity contribution in [3.8, 4) is 11.3 Å². The number of amides is 1. The molecule has 9 heteroatoms. The molecule has 1 heterocycles. The van der Waals surface area contributed by atoms with E-state index in [1.165, 1.54) is 18.2 Å². The zero-order valence-electron chi connectivity index (χ0n) is 10.4. The molecule has 0 unspecified atom stereocenters. The van der Waals surface area contributed by atoms with E-state index in [1.54, 1.807) is 0 Å². The highest BCUT2D eigenvalue weighted by Gasteiger charge is 2.39. The molecule has 1 aromatic carbocycles. The molecule has 2 rings (SSSR count). The van der Waals surface area contributed by atoms with Crippen LogP contribution in [0.2, 0.25) is 10.0 Å². The van der Waals surface area contributed by atoms with Crippen LogP contribution in [0, 0.1) is 0 Å². The van der Waals surface area contributed by atoms with Gasteiger partial charge in [-0.2, -0.15) is 13.2 Å². The largest absolute Gasteiger partial charge is 0.469 e. The topological polar surface area (TPSA) is 55.1 Å². The van der Waals surface area contributed by atoms with Crippen molar-refractivity contribution in [3.63, 3.8) is 0 Å². The molecule has 1 amide bonds. The fourth-order valence-corrected chi connectivity index (χ4v) is 2.10. The molecule has 0 fully saturated rings. The maximum atomic E-state index is 12.7. The van der Waals surface area contributed by atoms with Crippen molar-refractivity contribution in [2.75, 3.05) is 5.32 Å². The molecule has 1 aromatic heterocycles. The number of nitrogens with zero attached hydrogens (tertiary/aromatic N) is 1. The second kappa shape index (κ2) is 5.57. The maximum absolute atomic E-state index is 12.7. The number of anilines is 1. The summed E-state index contributed by atoms with van der Waals surface area (Å²) in [4.78, 5) is 14.4. The second-order valence-electron chi connectivity index (χ2n) is 4.03. The fourth-order valence-electron chi connectivity index (χ4n) is 1.57. The van der Waals surface area contributed by atoms with E-state index in [0.29, 0.717) is 0 Å². The number of benzene rings is 1. The van der Waals surface area contributed by atoms with Crippen molar-refractivity contribution >= 4 is 35.0 Å². The molecule has 2 aromatic rings. The van der Waals surface area contributed by atoms with Crippen LogP contribution < -0.4 is 5.32 Å². The minimum atomic E-state index is -4.78. The lowest BCUT2D eigenvalue weighted by Gasteiger charge is -2.02. The highest BCUT2D eigenvalue weighted by molar-refractivity contribution is 6.35. The van der Waals surface area contributed by atoms with Crippen LogP contribution in [-0.2, 0) is 11.0 Å². The quantitative estimate of drug-likeness (QED) is 0.868. The molecule has 0 bridgehead atoms. The van der Waals surface area contributed by atoms with Crippen LogP contribution in [0.25, 0.3) is 11.3 Å². The van der Waals surface area contributed by atoms with E-state index < -0.39 is 23.9 Å². The van der Waals surface area contributed by atoms with Gasteiger partial charge in [-0.1, -0.05) is 23.2 Å².